The summed E-state index contributed by atoms with van der Waals surface area (Å²) in [6, 6.07) is 40.4. The number of para-hydroxylation sites is 3. The van der Waals surface area contributed by atoms with Gasteiger partial charge in [0, 0.05) is 150 Å². The number of halogens is 1. The molecule has 2 saturated heterocycles. The number of aromatic nitrogens is 8. The molecule has 5 aliphatic carbocycles. The van der Waals surface area contributed by atoms with Gasteiger partial charge in [-0.25, -0.2) is 78.5 Å². The standard InChI is InChI=1S/C26H28ClN3O4S2.2C26H36N4O4S2.C25H34N4O4S2/c1-18-26(35(28,31)32)15-24(29(18)16-19-9-3-2-4-10-19)21-17-30(23-13-7-5-11-20(21)23)36(33,34)25-14-8-6-12-22(25)27;1-19-11-12-22-23(18-30(25(22)15-19)36(33,34)28-13-7-4-8-14-28)24-16-26(35(27,31)32)20(2)29(24)17-21-9-5-3-6-10-21;1-19-26(35(27,31)32)16-25(29(19)17-20-10-4-2-5-11-20)23-18-30(24-15-9-8-14-22(23)24)36(33,34)28-21-12-6-3-7-13-21;1-19-25(34(26,30)31)16-24(28(19)17-20-10-4-2-5-11-20)22-18-29(23-13-7-6-12-21(22)23)35(32,33)27-14-8-3-9-15-27/h5-8,11-15,17,19H,2-4,9-10,16H2,1H3,(H2,28,31,32);11-12,15-16,18,21H,3-10,13-14,17H2,1-2H3,(H2,27,31,32);8-9,14-16,18,20-21,28H,2-7,10-13,17H2,1H3,(H2,27,31,32);6-7,12-13,16,18,20H,2-5,8-11,14-15,17H2,1H3,(H2,26,30,31). The van der Waals surface area contributed by atoms with Crippen LogP contribution in [0.15, 0.2) is 189 Å². The Bertz CT molecular complexity index is 7910. The normalized spacial score (nSPS) is 18.0. The van der Waals surface area contributed by atoms with E-state index < -0.39 is 80.7 Å². The molecule has 2 aliphatic heterocycles. The molecule has 7 fully saturated rings. The molecule has 0 bridgehead atoms. The lowest BCUT2D eigenvalue weighted by Crippen LogP contribution is -2.39. The number of nitrogens with zero attached hydrogens (tertiary/aromatic N) is 10. The number of aryl methyl sites for hydroxylation is 1. The summed E-state index contributed by atoms with van der Waals surface area (Å²) >= 11 is 6.26. The van der Waals surface area contributed by atoms with Gasteiger partial charge in [-0.1, -0.05) is 200 Å². The van der Waals surface area contributed by atoms with E-state index in [-0.39, 0.29) is 35.5 Å². The van der Waals surface area contributed by atoms with Crippen molar-refractivity contribution < 1.29 is 67.3 Å². The predicted molar refractivity (Wildman–Crippen MR) is 565 cm³/mol. The summed E-state index contributed by atoms with van der Waals surface area (Å²) in [5, 5.41) is 25.5. The first kappa shape index (κ1) is 105. The topological polar surface area (TPSA) is 435 Å². The second kappa shape index (κ2) is 43.0. The molecule has 8 aromatic heterocycles. The first-order valence-corrected chi connectivity index (χ1v) is 62.6. The molecule has 13 aromatic rings. The van der Waals surface area contributed by atoms with Gasteiger partial charge in [0.1, 0.15) is 24.5 Å². The van der Waals surface area contributed by atoms with Crippen LogP contribution in [0, 0.1) is 58.3 Å². The maximum Gasteiger partial charge on any atom is 0.307 e. The summed E-state index contributed by atoms with van der Waals surface area (Å²) in [5.74, 6) is 1.76. The fourth-order valence-electron chi connectivity index (χ4n) is 23.0. The fourth-order valence-corrected chi connectivity index (χ4v) is 32.7. The number of hydrogen-bond acceptors (Lipinski definition) is 16. The number of fused-ring (bicyclic) bond motifs is 4. The van der Waals surface area contributed by atoms with Crippen molar-refractivity contribution >= 4 is 136 Å². The smallest absolute Gasteiger partial charge is 0.307 e. The molecule has 20 rings (SSSR count). The maximum absolute atomic E-state index is 13.8. The Hall–Kier alpha value is -9.01. The fraction of sp³-hybridized carbons (Fsp3) is 0.476. The van der Waals surface area contributed by atoms with Crippen LogP contribution in [0.2, 0.25) is 5.02 Å². The van der Waals surface area contributed by atoms with Gasteiger partial charge in [0.25, 0.3) is 10.0 Å². The second-order valence-electron chi connectivity index (χ2n) is 40.3. The second-order valence-corrected chi connectivity index (χ2v) is 53.8. The van der Waals surface area contributed by atoms with Crippen molar-refractivity contribution in [1.82, 2.24) is 47.5 Å². The van der Waals surface area contributed by atoms with Crippen LogP contribution in [0.4, 0.5) is 0 Å². The van der Waals surface area contributed by atoms with Crippen LogP contribution in [-0.4, -0.2) is 142 Å². The van der Waals surface area contributed by atoms with Gasteiger partial charge in [0.15, 0.2) is 0 Å². The molecule has 31 nitrogen and oxygen atoms in total. The van der Waals surface area contributed by atoms with Crippen molar-refractivity contribution in [3.05, 3.63) is 198 Å². The molecular weight excluding hydrogens is 2000 g/mol. The first-order valence-electron chi connectivity index (χ1n) is 50.4. The number of nitrogens with two attached hydrogens (primary N) is 4. The van der Waals surface area contributed by atoms with Gasteiger partial charge < -0.3 is 18.3 Å². The van der Waals surface area contributed by atoms with Gasteiger partial charge in [-0.3, -0.25) is 0 Å². The molecule has 7 aliphatic rings. The van der Waals surface area contributed by atoms with E-state index in [1.807, 2.05) is 98.0 Å². The van der Waals surface area contributed by atoms with Gasteiger partial charge in [-0.2, -0.15) is 38.6 Å². The summed E-state index contributed by atoms with van der Waals surface area (Å²) < 4.78 is 228. The molecule has 9 N–H and O–H groups in total. The summed E-state index contributed by atoms with van der Waals surface area (Å²) in [6.45, 7) is 13.8. The van der Waals surface area contributed by atoms with Crippen molar-refractivity contribution in [1.29, 1.82) is 0 Å². The van der Waals surface area contributed by atoms with Crippen LogP contribution in [0.5, 0.6) is 0 Å². The van der Waals surface area contributed by atoms with Crippen LogP contribution >= 0.6 is 11.6 Å². The molecule has 143 heavy (non-hydrogen) atoms. The van der Waals surface area contributed by atoms with Crippen molar-refractivity contribution in [2.75, 3.05) is 26.2 Å². The summed E-state index contributed by atoms with van der Waals surface area (Å²) in [7, 11) is -31.1. The molecule has 0 amide bonds. The molecule has 0 radical (unpaired) electrons. The largest absolute Gasteiger partial charge is 0.343 e. The molecule has 40 heteroatoms. The highest BCUT2D eigenvalue weighted by molar-refractivity contribution is 7.91. The Morgan fingerprint density at radius 1 is 0.294 bits per heavy atom. The van der Waals surface area contributed by atoms with Crippen LogP contribution in [0.25, 0.3) is 88.6 Å². The van der Waals surface area contributed by atoms with Crippen LogP contribution in [-0.2, 0) is 107 Å². The molecule has 0 unspecified atom stereocenters. The summed E-state index contributed by atoms with van der Waals surface area (Å²) in [4.78, 5) is 0.338. The number of primary sulfonamides is 4. The molecule has 10 heterocycles. The van der Waals surface area contributed by atoms with E-state index in [0.29, 0.717) is 171 Å². The molecule has 0 spiro atoms. The van der Waals surface area contributed by atoms with E-state index in [1.165, 1.54) is 92.2 Å². The highest BCUT2D eigenvalue weighted by atomic mass is 35.5. The van der Waals surface area contributed by atoms with Gasteiger partial charge in [-0.05, 0) is 214 Å². The summed E-state index contributed by atoms with van der Waals surface area (Å²) in [6.07, 6.45) is 39.9. The van der Waals surface area contributed by atoms with Crippen LogP contribution in [0.3, 0.4) is 0 Å². The minimum atomic E-state index is -4.02. The van der Waals surface area contributed by atoms with Gasteiger partial charge in [0.2, 0.25) is 40.1 Å². The van der Waals surface area contributed by atoms with Gasteiger partial charge in [0.05, 0.1) is 49.9 Å². The van der Waals surface area contributed by atoms with Crippen LogP contribution < -0.4 is 25.3 Å². The van der Waals surface area contributed by atoms with E-state index in [4.69, 9.17) is 32.2 Å². The predicted octanol–water partition coefficient (Wildman–Crippen LogP) is 19.0. The molecule has 5 saturated carbocycles. The number of rotatable bonds is 25. The lowest BCUT2D eigenvalue weighted by molar-refractivity contribution is 0.318. The third kappa shape index (κ3) is 22.4. The minimum absolute atomic E-state index is 0.00189. The van der Waals surface area contributed by atoms with Gasteiger partial charge in [-0.15, -0.1) is 0 Å². The molecule has 5 aromatic carbocycles. The Labute approximate surface area is 847 Å². The Morgan fingerprint density at radius 3 is 0.902 bits per heavy atom. The average molecular weight is 2130 g/mol. The lowest BCUT2D eigenvalue weighted by Gasteiger charge is -2.26. The number of benzene rings is 5. The van der Waals surface area contributed by atoms with Crippen molar-refractivity contribution in [3.8, 4) is 45.0 Å². The number of nitrogens with one attached hydrogen (secondary N) is 1. The average Bonchev–Trinajstić information content (AvgIpc) is 1.59. The zero-order chi connectivity index (χ0) is 102. The molecule has 0 atom stereocenters. The quantitative estimate of drug-likeness (QED) is 0.0355. The van der Waals surface area contributed by atoms with E-state index in [0.717, 1.165) is 157 Å². The highest BCUT2D eigenvalue weighted by Crippen LogP contribution is 2.46. The minimum Gasteiger partial charge on any atom is -0.343 e. The third-order valence-corrected chi connectivity index (χ3v) is 41.9. The zero-order valence-electron chi connectivity index (χ0n) is 82.0. The summed E-state index contributed by atoms with van der Waals surface area (Å²) in [5.41, 5.74) is 11.0. The zero-order valence-corrected chi connectivity index (χ0v) is 89.3. The van der Waals surface area contributed by atoms with E-state index in [2.05, 4.69) is 4.72 Å². The number of sulfonamides is 4. The number of hydrogen-bond donors (Lipinski definition) is 5. The monoisotopic (exact) mass is 2130 g/mol. The Morgan fingerprint density at radius 2 is 0.566 bits per heavy atom. The molecular formula is C103H134ClN15O16S8. The Balaban J connectivity index is 0.000000131. The third-order valence-electron chi connectivity index (χ3n) is 30.6. The van der Waals surface area contributed by atoms with Crippen molar-refractivity contribution in [2.24, 2.45) is 44.2 Å². The van der Waals surface area contributed by atoms with Crippen molar-refractivity contribution in [3.63, 3.8) is 0 Å². The van der Waals surface area contributed by atoms with E-state index >= 15 is 0 Å². The lowest BCUT2D eigenvalue weighted by atomic mass is 9.89. The van der Waals surface area contributed by atoms with Crippen molar-refractivity contribution in [2.45, 2.75) is 290 Å². The SMILES string of the molecule is Cc1c(S(N)(=O)=O)cc(-c2cn(S(=O)(=O)N3CCCCC3)c3ccccc23)n1CC1CCCCC1.Cc1c(S(N)(=O)=O)cc(-c2cn(S(=O)(=O)NC3CCCCC3)c3ccccc23)n1CC1CCCCC1.Cc1c(S(N)(=O)=O)cc(-c2cn(S(=O)(=O)c3ccccc3Cl)c3ccccc23)n1CC1CCCCC1.Cc1ccc2c(-c3cc(S(N)(=O)=O)c(C)n3CC3CCCCC3)cn(S(=O)(=O)N3CCCCC3)c2c1. The maximum atomic E-state index is 13.8. The molecule has 772 valence electrons. The Kier molecular flexibility index (Phi) is 31.7. The highest BCUT2D eigenvalue weighted by Gasteiger charge is 2.38. The van der Waals surface area contributed by atoms with E-state index in [9.17, 15) is 67.3 Å². The van der Waals surface area contributed by atoms with Crippen LogP contribution in [0.1, 0.15) is 227 Å². The first-order chi connectivity index (χ1) is 68.0. The number of piperidine rings is 2. The van der Waals surface area contributed by atoms with Gasteiger partial charge >= 0.3 is 30.6 Å². The van der Waals surface area contributed by atoms with E-state index in [1.54, 1.807) is 116 Å².